The van der Waals surface area contributed by atoms with E-state index in [1.807, 2.05) is 0 Å². The normalized spacial score (nSPS) is 25.5. The van der Waals surface area contributed by atoms with Crippen LogP contribution in [0.4, 0.5) is 4.39 Å². The zero-order valence-corrected chi connectivity index (χ0v) is 9.10. The molecule has 0 bridgehead atoms. The van der Waals surface area contributed by atoms with Gasteiger partial charge in [0.25, 0.3) is 0 Å². The Balaban J connectivity index is 2.56. The van der Waals surface area contributed by atoms with E-state index in [1.165, 1.54) is 12.1 Å². The first-order valence-electron chi connectivity index (χ1n) is 4.19. The maximum absolute atomic E-state index is 13.4. The molecule has 1 atom stereocenters. The van der Waals surface area contributed by atoms with Gasteiger partial charge in [-0.2, -0.15) is 0 Å². The number of fused-ring (bicyclic) bond motifs is 1. The van der Waals surface area contributed by atoms with Crippen LogP contribution in [0.2, 0.25) is 0 Å². The number of benzene rings is 1. The largest absolute Gasteiger partial charge is 0.444 e. The highest BCUT2D eigenvalue weighted by molar-refractivity contribution is 9.10. The van der Waals surface area contributed by atoms with E-state index in [0.717, 1.165) is 0 Å². The molecule has 0 aromatic heterocycles. The fraction of sp³-hybridized carbons (Fsp3) is 0.300. The minimum atomic E-state index is -0.792. The maximum Gasteiger partial charge on any atom is 0.339 e. The van der Waals surface area contributed by atoms with Gasteiger partial charge in [-0.25, -0.2) is 9.18 Å². The molecule has 0 aliphatic carbocycles. The number of carbonyl (C=O) groups excluding carboxylic acids is 1. The van der Waals surface area contributed by atoms with Crippen LogP contribution in [-0.2, 0) is 11.2 Å². The SMILES string of the molecule is CC1(Br)Cc2c(F)cccc2C(=O)O1. The molecule has 2 rings (SSSR count). The Hall–Kier alpha value is -0.900. The van der Waals surface area contributed by atoms with Crippen molar-refractivity contribution in [3.63, 3.8) is 0 Å². The molecule has 1 aromatic carbocycles. The number of esters is 1. The van der Waals surface area contributed by atoms with Gasteiger partial charge in [0.2, 0.25) is 0 Å². The molecular formula is C10H8BrFO2. The molecule has 0 fully saturated rings. The lowest BCUT2D eigenvalue weighted by molar-refractivity contribution is 0.0221. The molecule has 0 radical (unpaired) electrons. The molecule has 74 valence electrons. The third-order valence-corrected chi connectivity index (χ3v) is 2.58. The Morgan fingerprint density at radius 2 is 2.29 bits per heavy atom. The molecular weight excluding hydrogens is 251 g/mol. The van der Waals surface area contributed by atoms with E-state index in [-0.39, 0.29) is 5.82 Å². The maximum atomic E-state index is 13.4. The molecule has 1 aliphatic heterocycles. The first-order valence-corrected chi connectivity index (χ1v) is 4.98. The Morgan fingerprint density at radius 3 is 3.00 bits per heavy atom. The molecule has 1 unspecified atom stereocenters. The highest BCUT2D eigenvalue weighted by atomic mass is 79.9. The zero-order chi connectivity index (χ0) is 10.3. The Morgan fingerprint density at radius 1 is 1.57 bits per heavy atom. The van der Waals surface area contributed by atoms with Crippen LogP contribution in [0.25, 0.3) is 0 Å². The second kappa shape index (κ2) is 3.05. The summed E-state index contributed by atoms with van der Waals surface area (Å²) in [7, 11) is 0. The molecule has 1 aromatic rings. The van der Waals surface area contributed by atoms with Crippen molar-refractivity contribution in [3.8, 4) is 0 Å². The van der Waals surface area contributed by atoms with Crippen LogP contribution < -0.4 is 0 Å². The predicted octanol–water partition coefficient (Wildman–Crippen LogP) is 2.65. The molecule has 0 saturated carbocycles. The smallest absolute Gasteiger partial charge is 0.339 e. The third-order valence-electron chi connectivity index (χ3n) is 2.14. The van der Waals surface area contributed by atoms with E-state index in [9.17, 15) is 9.18 Å². The zero-order valence-electron chi connectivity index (χ0n) is 7.51. The minimum absolute atomic E-state index is 0.321. The summed E-state index contributed by atoms with van der Waals surface area (Å²) in [6.45, 7) is 1.69. The van der Waals surface area contributed by atoms with Gasteiger partial charge in [-0.15, -0.1) is 0 Å². The fourth-order valence-corrected chi connectivity index (χ4v) is 1.96. The van der Waals surface area contributed by atoms with Crippen molar-refractivity contribution >= 4 is 21.9 Å². The number of rotatable bonds is 0. The van der Waals surface area contributed by atoms with Gasteiger partial charge in [-0.3, -0.25) is 0 Å². The van der Waals surface area contributed by atoms with Gasteiger partial charge in [-0.05, 0) is 35.0 Å². The van der Waals surface area contributed by atoms with Crippen LogP contribution >= 0.6 is 15.9 Å². The Bertz CT molecular complexity index is 401. The highest BCUT2D eigenvalue weighted by Crippen LogP contribution is 2.33. The van der Waals surface area contributed by atoms with E-state index >= 15 is 0 Å². The predicted molar refractivity (Wildman–Crippen MR) is 52.9 cm³/mol. The van der Waals surface area contributed by atoms with Crippen molar-refractivity contribution in [1.82, 2.24) is 0 Å². The molecule has 1 aliphatic rings. The summed E-state index contributed by atoms with van der Waals surface area (Å²) in [5.74, 6) is -0.838. The summed E-state index contributed by atoms with van der Waals surface area (Å²) in [6, 6.07) is 4.43. The van der Waals surface area contributed by atoms with Gasteiger partial charge in [0.1, 0.15) is 5.82 Å². The Labute approximate surface area is 89.2 Å². The van der Waals surface area contributed by atoms with Crippen LogP contribution in [0.1, 0.15) is 22.8 Å². The molecule has 0 saturated heterocycles. The van der Waals surface area contributed by atoms with E-state index < -0.39 is 10.5 Å². The minimum Gasteiger partial charge on any atom is -0.444 e. The summed E-state index contributed by atoms with van der Waals surface area (Å²) in [6.07, 6.45) is 0.348. The van der Waals surface area contributed by atoms with Gasteiger partial charge in [-0.1, -0.05) is 6.07 Å². The third kappa shape index (κ3) is 1.54. The van der Waals surface area contributed by atoms with Gasteiger partial charge in [0.15, 0.2) is 4.51 Å². The molecule has 0 N–H and O–H groups in total. The van der Waals surface area contributed by atoms with Crippen molar-refractivity contribution < 1.29 is 13.9 Å². The second-order valence-electron chi connectivity index (χ2n) is 3.43. The molecule has 14 heavy (non-hydrogen) atoms. The average Bonchev–Trinajstić information content (AvgIpc) is 2.05. The Kier molecular flexibility index (Phi) is 2.10. The average molecular weight is 259 g/mol. The van der Waals surface area contributed by atoms with Gasteiger partial charge in [0.05, 0.1) is 5.56 Å². The topological polar surface area (TPSA) is 26.3 Å². The number of ether oxygens (including phenoxy) is 1. The number of hydrogen-bond acceptors (Lipinski definition) is 2. The van der Waals surface area contributed by atoms with E-state index in [4.69, 9.17) is 4.74 Å². The standard InChI is InChI=1S/C10H8BrFO2/c1-10(11)5-7-6(9(13)14-10)3-2-4-8(7)12/h2-4H,5H2,1H3. The summed E-state index contributed by atoms with van der Waals surface area (Å²) in [5.41, 5.74) is 0.741. The van der Waals surface area contributed by atoms with Crippen LogP contribution in [0.15, 0.2) is 18.2 Å². The monoisotopic (exact) mass is 258 g/mol. The summed E-state index contributed by atoms with van der Waals surface area (Å²) in [5, 5.41) is 0. The highest BCUT2D eigenvalue weighted by Gasteiger charge is 2.35. The summed E-state index contributed by atoms with van der Waals surface area (Å²) in [4.78, 5) is 11.4. The number of halogens is 2. The van der Waals surface area contributed by atoms with Gasteiger partial charge in [0, 0.05) is 12.0 Å². The fourth-order valence-electron chi connectivity index (χ4n) is 1.53. The molecule has 4 heteroatoms. The van der Waals surface area contributed by atoms with Crippen molar-refractivity contribution in [2.45, 2.75) is 17.9 Å². The number of cyclic esters (lactones) is 1. The lowest BCUT2D eigenvalue weighted by Gasteiger charge is -2.29. The van der Waals surface area contributed by atoms with Crippen molar-refractivity contribution in [1.29, 1.82) is 0 Å². The first-order chi connectivity index (χ1) is 6.49. The molecule has 0 amide bonds. The number of hydrogen-bond donors (Lipinski definition) is 0. The van der Waals surface area contributed by atoms with Crippen LogP contribution in [-0.4, -0.2) is 10.5 Å². The van der Waals surface area contributed by atoms with Gasteiger partial charge >= 0.3 is 5.97 Å². The molecule has 1 heterocycles. The van der Waals surface area contributed by atoms with E-state index in [0.29, 0.717) is 17.5 Å². The summed E-state index contributed by atoms with van der Waals surface area (Å²) >= 11 is 3.23. The number of alkyl halides is 1. The van der Waals surface area contributed by atoms with E-state index in [2.05, 4.69) is 15.9 Å². The molecule has 0 spiro atoms. The first kappa shape index (κ1) is 9.65. The number of carbonyl (C=O) groups is 1. The van der Waals surface area contributed by atoms with Crippen LogP contribution in [0.5, 0.6) is 0 Å². The lowest BCUT2D eigenvalue weighted by Crippen LogP contribution is -2.33. The van der Waals surface area contributed by atoms with Crippen molar-refractivity contribution in [3.05, 3.63) is 35.1 Å². The van der Waals surface area contributed by atoms with E-state index in [1.54, 1.807) is 13.0 Å². The summed E-state index contributed by atoms with van der Waals surface area (Å²) < 4.78 is 17.6. The second-order valence-corrected chi connectivity index (χ2v) is 5.11. The lowest BCUT2D eigenvalue weighted by atomic mass is 9.99. The van der Waals surface area contributed by atoms with Crippen molar-refractivity contribution in [2.75, 3.05) is 0 Å². The quantitative estimate of drug-likeness (QED) is 0.529. The van der Waals surface area contributed by atoms with Crippen molar-refractivity contribution in [2.24, 2.45) is 0 Å². The van der Waals surface area contributed by atoms with Crippen LogP contribution in [0, 0.1) is 5.82 Å². The molecule has 2 nitrogen and oxygen atoms in total. The van der Waals surface area contributed by atoms with Gasteiger partial charge < -0.3 is 4.74 Å². The van der Waals surface area contributed by atoms with Crippen LogP contribution in [0.3, 0.4) is 0 Å².